The number of piperidine rings is 1. The zero-order valence-electron chi connectivity index (χ0n) is 12.3. The van der Waals surface area contributed by atoms with Gasteiger partial charge in [0.1, 0.15) is 5.82 Å². The summed E-state index contributed by atoms with van der Waals surface area (Å²) in [5.41, 5.74) is 1.30. The zero-order chi connectivity index (χ0) is 15.7. The second-order valence-corrected chi connectivity index (χ2v) is 6.67. The monoisotopic (exact) mass is 369 g/mol. The highest BCUT2D eigenvalue weighted by Crippen LogP contribution is 2.26. The summed E-state index contributed by atoms with van der Waals surface area (Å²) in [4.78, 5) is 2.60. The topological polar surface area (TPSA) is 56.2 Å². The van der Waals surface area contributed by atoms with Crippen LogP contribution in [0.25, 0.3) is 11.3 Å². The van der Waals surface area contributed by atoms with E-state index in [1.54, 1.807) is 12.1 Å². The Kier molecular flexibility index (Phi) is 4.44. The lowest BCUT2D eigenvalue weighted by molar-refractivity contribution is -0.793. The normalized spacial score (nSPS) is 17.0. The first-order valence-electron chi connectivity index (χ1n) is 7.31. The summed E-state index contributed by atoms with van der Waals surface area (Å²) in [7, 11) is 0. The maximum Gasteiger partial charge on any atom is 0.240 e. The van der Waals surface area contributed by atoms with Crippen LogP contribution >= 0.6 is 15.9 Å². The van der Waals surface area contributed by atoms with Crippen molar-refractivity contribution in [3.63, 3.8) is 0 Å². The Bertz CT molecular complexity index is 669. The van der Waals surface area contributed by atoms with Crippen LogP contribution < -0.4 is 4.90 Å². The van der Waals surface area contributed by atoms with Crippen molar-refractivity contribution in [3.8, 4) is 11.3 Å². The standard InChI is InChI=1S/C15H17BrFN3O2/c1-10-4-6-19(7-5-10)9-14-15(20(21)22-18-14)11-2-3-12(16)13(17)8-11/h2-3,8,10H,4-7,9H2,1H3. The molecule has 0 amide bonds. The molecule has 22 heavy (non-hydrogen) atoms. The molecule has 1 saturated heterocycles. The van der Waals surface area contributed by atoms with E-state index < -0.39 is 5.82 Å². The van der Waals surface area contributed by atoms with Gasteiger partial charge in [-0.25, -0.2) is 4.39 Å². The van der Waals surface area contributed by atoms with E-state index in [2.05, 4.69) is 32.9 Å². The van der Waals surface area contributed by atoms with Crippen LogP contribution in [0.2, 0.25) is 0 Å². The summed E-state index contributed by atoms with van der Waals surface area (Å²) < 4.78 is 18.8. The number of halogens is 2. The van der Waals surface area contributed by atoms with Gasteiger partial charge in [-0.15, -0.1) is 0 Å². The molecule has 0 aliphatic carbocycles. The van der Waals surface area contributed by atoms with Gasteiger partial charge in [0.15, 0.2) is 0 Å². The van der Waals surface area contributed by atoms with Gasteiger partial charge < -0.3 is 5.21 Å². The minimum absolute atomic E-state index is 0.282. The molecule has 2 aromatic rings. The van der Waals surface area contributed by atoms with Crippen molar-refractivity contribution in [2.45, 2.75) is 26.3 Å². The van der Waals surface area contributed by atoms with Gasteiger partial charge in [-0.3, -0.25) is 9.53 Å². The fourth-order valence-electron chi connectivity index (χ4n) is 2.73. The Morgan fingerprint density at radius 2 is 2.18 bits per heavy atom. The molecular formula is C15H17BrFN3O2. The van der Waals surface area contributed by atoms with Gasteiger partial charge in [0.05, 0.1) is 11.0 Å². The Morgan fingerprint density at radius 3 is 2.86 bits per heavy atom. The quantitative estimate of drug-likeness (QED) is 0.780. The lowest BCUT2D eigenvalue weighted by atomic mass is 9.99. The summed E-state index contributed by atoms with van der Waals surface area (Å²) in [6.07, 6.45) is 2.27. The van der Waals surface area contributed by atoms with Gasteiger partial charge in [0, 0.05) is 10.7 Å². The summed E-state index contributed by atoms with van der Waals surface area (Å²) in [5.74, 6) is 0.314. The molecule has 0 spiro atoms. The highest BCUT2D eigenvalue weighted by Gasteiger charge is 2.25. The number of hydrogen-bond donors (Lipinski definition) is 0. The Morgan fingerprint density at radius 1 is 1.45 bits per heavy atom. The van der Waals surface area contributed by atoms with Crippen LogP contribution in [0.4, 0.5) is 4.39 Å². The highest BCUT2D eigenvalue weighted by molar-refractivity contribution is 9.10. The molecule has 0 atom stereocenters. The SMILES string of the molecule is CC1CCN(Cc2no[n+]([O-])c2-c2ccc(Br)c(F)c2)CC1. The van der Waals surface area contributed by atoms with Gasteiger partial charge in [0.25, 0.3) is 0 Å². The van der Waals surface area contributed by atoms with Crippen molar-refractivity contribution in [1.29, 1.82) is 0 Å². The minimum atomic E-state index is -0.420. The maximum atomic E-state index is 13.7. The van der Waals surface area contributed by atoms with Gasteiger partial charge in [-0.05, 0) is 70.9 Å². The Balaban J connectivity index is 1.86. The van der Waals surface area contributed by atoms with Gasteiger partial charge in [-0.2, -0.15) is 0 Å². The van der Waals surface area contributed by atoms with E-state index in [0.717, 1.165) is 31.8 Å². The molecule has 1 aliphatic rings. The molecule has 1 aliphatic heterocycles. The van der Waals surface area contributed by atoms with Crippen molar-refractivity contribution in [2.75, 3.05) is 13.1 Å². The molecule has 7 heteroatoms. The highest BCUT2D eigenvalue weighted by atomic mass is 79.9. The molecule has 0 unspecified atom stereocenters. The molecule has 118 valence electrons. The van der Waals surface area contributed by atoms with E-state index >= 15 is 0 Å². The summed E-state index contributed by atoms with van der Waals surface area (Å²) >= 11 is 3.11. The van der Waals surface area contributed by atoms with Gasteiger partial charge in [0.2, 0.25) is 11.4 Å². The van der Waals surface area contributed by atoms with Crippen molar-refractivity contribution in [2.24, 2.45) is 5.92 Å². The first-order valence-corrected chi connectivity index (χ1v) is 8.10. The Labute approximate surface area is 136 Å². The molecule has 1 fully saturated rings. The number of hydrogen-bond acceptors (Lipinski definition) is 4. The lowest BCUT2D eigenvalue weighted by Gasteiger charge is -2.28. The van der Waals surface area contributed by atoms with Crippen LogP contribution in [-0.4, -0.2) is 23.1 Å². The van der Waals surface area contributed by atoms with Crippen molar-refractivity contribution in [3.05, 3.63) is 39.4 Å². The molecule has 1 aromatic carbocycles. The Hall–Kier alpha value is -1.47. The molecule has 3 rings (SSSR count). The van der Waals surface area contributed by atoms with Gasteiger partial charge in [-0.1, -0.05) is 6.92 Å². The average molecular weight is 370 g/mol. The number of nitrogens with zero attached hydrogens (tertiary/aromatic N) is 3. The minimum Gasteiger partial charge on any atom is -0.359 e. The molecular weight excluding hydrogens is 353 g/mol. The number of benzene rings is 1. The largest absolute Gasteiger partial charge is 0.359 e. The predicted octanol–water partition coefficient (Wildman–Crippen LogP) is 3.11. The fraction of sp³-hybridized carbons (Fsp3) is 0.467. The maximum absolute atomic E-state index is 13.7. The summed E-state index contributed by atoms with van der Waals surface area (Å²) in [5, 5.41) is 15.7. The lowest BCUT2D eigenvalue weighted by Crippen LogP contribution is -2.33. The van der Waals surface area contributed by atoms with Crippen LogP contribution in [-0.2, 0) is 6.54 Å². The molecule has 0 radical (unpaired) electrons. The van der Waals surface area contributed by atoms with E-state index in [1.807, 2.05) is 0 Å². The van der Waals surface area contributed by atoms with Gasteiger partial charge >= 0.3 is 0 Å². The van der Waals surface area contributed by atoms with Crippen LogP contribution in [0, 0.1) is 16.9 Å². The van der Waals surface area contributed by atoms with Crippen molar-refractivity contribution >= 4 is 15.9 Å². The van der Waals surface area contributed by atoms with Crippen LogP contribution in [0.5, 0.6) is 0 Å². The molecule has 1 aromatic heterocycles. The fourth-order valence-corrected chi connectivity index (χ4v) is 2.97. The van der Waals surface area contributed by atoms with E-state index in [0.29, 0.717) is 27.2 Å². The molecule has 0 N–H and O–H groups in total. The second kappa shape index (κ2) is 6.34. The summed E-state index contributed by atoms with van der Waals surface area (Å²) in [6.45, 7) is 4.73. The zero-order valence-corrected chi connectivity index (χ0v) is 13.8. The number of rotatable bonds is 3. The van der Waals surface area contributed by atoms with Crippen LogP contribution in [0.3, 0.4) is 0 Å². The molecule has 0 saturated carbocycles. The second-order valence-electron chi connectivity index (χ2n) is 5.81. The third-order valence-corrected chi connectivity index (χ3v) is 4.77. The predicted molar refractivity (Wildman–Crippen MR) is 82.2 cm³/mol. The molecule has 5 nitrogen and oxygen atoms in total. The molecule has 2 heterocycles. The van der Waals surface area contributed by atoms with Crippen molar-refractivity contribution < 1.29 is 13.9 Å². The van der Waals surface area contributed by atoms with E-state index in [9.17, 15) is 9.60 Å². The average Bonchev–Trinajstić information content (AvgIpc) is 2.85. The third kappa shape index (κ3) is 3.15. The van der Waals surface area contributed by atoms with Crippen LogP contribution in [0.1, 0.15) is 25.5 Å². The molecule has 0 bridgehead atoms. The first kappa shape index (κ1) is 15.4. The smallest absolute Gasteiger partial charge is 0.240 e. The number of aromatic nitrogens is 2. The van der Waals surface area contributed by atoms with E-state index in [-0.39, 0.29) is 5.69 Å². The van der Waals surface area contributed by atoms with Crippen LogP contribution in [0.15, 0.2) is 27.3 Å². The van der Waals surface area contributed by atoms with Crippen molar-refractivity contribution in [1.82, 2.24) is 10.1 Å². The number of likely N-dealkylation sites (tertiary alicyclic amines) is 1. The first-order chi connectivity index (χ1) is 10.5. The van der Waals surface area contributed by atoms with E-state index in [4.69, 9.17) is 4.63 Å². The third-order valence-electron chi connectivity index (χ3n) is 4.12. The van der Waals surface area contributed by atoms with E-state index in [1.165, 1.54) is 6.07 Å². The summed E-state index contributed by atoms with van der Waals surface area (Å²) in [6, 6.07) is 4.56.